The number of para-hydroxylation sites is 1. The van der Waals surface area contributed by atoms with Crippen LogP contribution in [0.4, 0.5) is 4.79 Å². The smallest absolute Gasteiger partial charge is 0.293 e. The summed E-state index contributed by atoms with van der Waals surface area (Å²) in [6, 6.07) is 21.2. The van der Waals surface area contributed by atoms with Crippen molar-refractivity contribution in [2.24, 2.45) is 0 Å². The molecule has 3 aromatic carbocycles. The second-order valence-electron chi connectivity index (χ2n) is 8.12. The minimum atomic E-state index is -0.274. The topological polar surface area (TPSA) is 42.3 Å². The zero-order chi connectivity index (χ0) is 23.8. The molecule has 1 fully saturated rings. The van der Waals surface area contributed by atoms with Crippen molar-refractivity contribution >= 4 is 63.1 Å². The van der Waals surface area contributed by atoms with Gasteiger partial charge in [-0.2, -0.15) is 0 Å². The van der Waals surface area contributed by atoms with E-state index in [2.05, 4.69) is 4.57 Å². The van der Waals surface area contributed by atoms with E-state index in [1.807, 2.05) is 79.9 Å². The second-order valence-corrected chi connectivity index (χ2v) is 9.93. The lowest BCUT2D eigenvalue weighted by atomic mass is 10.1. The van der Waals surface area contributed by atoms with E-state index < -0.39 is 0 Å². The SMILES string of the molecule is Cc1ccccc1CN1C(=O)S/C(=C\c2cn(Cc3c(Cl)cccc3Cl)c3ccccc23)C1=O. The predicted octanol–water partition coefficient (Wildman–Crippen LogP) is 7.54. The van der Waals surface area contributed by atoms with E-state index in [0.717, 1.165) is 44.9 Å². The van der Waals surface area contributed by atoms with Crippen molar-refractivity contribution < 1.29 is 9.59 Å². The van der Waals surface area contributed by atoms with Gasteiger partial charge < -0.3 is 4.57 Å². The number of hydrogen-bond donors (Lipinski definition) is 0. The first-order chi connectivity index (χ1) is 16.4. The van der Waals surface area contributed by atoms with E-state index in [-0.39, 0.29) is 17.7 Å². The van der Waals surface area contributed by atoms with Gasteiger partial charge in [0.1, 0.15) is 0 Å². The number of aryl methyl sites for hydroxylation is 1. The normalized spacial score (nSPS) is 15.1. The van der Waals surface area contributed by atoms with Crippen LogP contribution in [0, 0.1) is 6.92 Å². The Hall–Kier alpha value is -2.99. The molecule has 5 rings (SSSR count). The molecule has 1 saturated heterocycles. The van der Waals surface area contributed by atoms with Crippen LogP contribution in [0.1, 0.15) is 22.3 Å². The molecule has 0 bridgehead atoms. The average molecular weight is 507 g/mol. The van der Waals surface area contributed by atoms with Gasteiger partial charge in [-0.3, -0.25) is 14.5 Å². The number of aromatic nitrogens is 1. The molecule has 0 aliphatic carbocycles. The summed E-state index contributed by atoms with van der Waals surface area (Å²) in [5.74, 6) is -0.274. The molecule has 4 nitrogen and oxygen atoms in total. The minimum Gasteiger partial charge on any atom is -0.342 e. The molecule has 2 amide bonds. The highest BCUT2D eigenvalue weighted by atomic mass is 35.5. The molecule has 7 heteroatoms. The van der Waals surface area contributed by atoms with Gasteiger partial charge in [-0.25, -0.2) is 0 Å². The van der Waals surface area contributed by atoms with Gasteiger partial charge in [-0.05, 0) is 54.1 Å². The van der Waals surface area contributed by atoms with Crippen molar-refractivity contribution in [3.8, 4) is 0 Å². The van der Waals surface area contributed by atoms with E-state index >= 15 is 0 Å². The zero-order valence-electron chi connectivity index (χ0n) is 18.3. The van der Waals surface area contributed by atoms with Gasteiger partial charge in [0.05, 0.1) is 18.0 Å². The highest BCUT2D eigenvalue weighted by Gasteiger charge is 2.35. The number of rotatable bonds is 5. The van der Waals surface area contributed by atoms with Crippen LogP contribution in [0.25, 0.3) is 17.0 Å². The fourth-order valence-corrected chi connectivity index (χ4v) is 5.46. The molecule has 1 aliphatic rings. The summed E-state index contributed by atoms with van der Waals surface area (Å²) in [6.45, 7) is 2.73. The van der Waals surface area contributed by atoms with Crippen molar-refractivity contribution in [2.45, 2.75) is 20.0 Å². The van der Waals surface area contributed by atoms with Gasteiger partial charge in [0.15, 0.2) is 0 Å². The first-order valence-corrected chi connectivity index (χ1v) is 12.3. The fraction of sp³-hybridized carbons (Fsp3) is 0.111. The molecule has 170 valence electrons. The minimum absolute atomic E-state index is 0.258. The van der Waals surface area contributed by atoms with Crippen LogP contribution in [-0.2, 0) is 17.9 Å². The third kappa shape index (κ3) is 4.27. The maximum Gasteiger partial charge on any atom is 0.293 e. The fourth-order valence-electron chi connectivity index (χ4n) is 4.11. The van der Waals surface area contributed by atoms with Crippen molar-refractivity contribution in [3.63, 3.8) is 0 Å². The summed E-state index contributed by atoms with van der Waals surface area (Å²) in [7, 11) is 0. The molecule has 0 spiro atoms. The molecule has 4 aromatic rings. The van der Waals surface area contributed by atoms with Crippen LogP contribution < -0.4 is 0 Å². The lowest BCUT2D eigenvalue weighted by molar-refractivity contribution is -0.123. The Morgan fingerprint density at radius 3 is 2.35 bits per heavy atom. The number of benzene rings is 3. The molecule has 0 N–H and O–H groups in total. The summed E-state index contributed by atoms with van der Waals surface area (Å²) in [4.78, 5) is 27.5. The molecule has 34 heavy (non-hydrogen) atoms. The highest BCUT2D eigenvalue weighted by molar-refractivity contribution is 8.18. The van der Waals surface area contributed by atoms with Crippen LogP contribution in [-0.4, -0.2) is 20.6 Å². The van der Waals surface area contributed by atoms with Gasteiger partial charge in [0.25, 0.3) is 11.1 Å². The number of amides is 2. The molecule has 0 atom stereocenters. The Kier molecular flexibility index (Phi) is 6.26. The molecule has 2 heterocycles. The lowest BCUT2D eigenvalue weighted by Crippen LogP contribution is -2.27. The van der Waals surface area contributed by atoms with E-state index in [9.17, 15) is 9.59 Å². The molecule has 1 aromatic heterocycles. The number of nitrogens with zero attached hydrogens (tertiary/aromatic N) is 2. The predicted molar refractivity (Wildman–Crippen MR) is 140 cm³/mol. The maximum atomic E-state index is 13.1. The Morgan fingerprint density at radius 1 is 0.882 bits per heavy atom. The molecule has 1 aliphatic heterocycles. The first kappa shape index (κ1) is 22.8. The van der Waals surface area contributed by atoms with Crippen molar-refractivity contribution in [3.05, 3.63) is 110 Å². The van der Waals surface area contributed by atoms with Crippen LogP contribution in [0.15, 0.2) is 77.8 Å². The van der Waals surface area contributed by atoms with Gasteiger partial charge in [0.2, 0.25) is 0 Å². The number of carbonyl (C=O) groups excluding carboxylic acids is 2. The third-order valence-electron chi connectivity index (χ3n) is 5.96. The number of hydrogen-bond acceptors (Lipinski definition) is 3. The first-order valence-electron chi connectivity index (χ1n) is 10.7. The molecular formula is C27H20Cl2N2O2S. The highest BCUT2D eigenvalue weighted by Crippen LogP contribution is 2.36. The van der Waals surface area contributed by atoms with E-state index in [1.54, 1.807) is 6.08 Å². The molecule has 0 unspecified atom stereocenters. The number of fused-ring (bicyclic) bond motifs is 1. The standard InChI is InChI=1S/C27H20Cl2N2O2S/c1-17-7-2-3-8-18(17)15-31-26(32)25(34-27(31)33)13-19-14-30(24-12-5-4-9-20(19)24)16-21-22(28)10-6-11-23(21)29/h2-14H,15-16H2,1H3/b25-13-. The van der Waals surface area contributed by atoms with Crippen LogP contribution in [0.3, 0.4) is 0 Å². The van der Waals surface area contributed by atoms with Crippen molar-refractivity contribution in [1.82, 2.24) is 9.47 Å². The Bertz CT molecular complexity index is 1450. The van der Waals surface area contributed by atoms with Crippen LogP contribution in [0.2, 0.25) is 10.0 Å². The third-order valence-corrected chi connectivity index (χ3v) is 7.58. The Labute approximate surface area is 211 Å². The summed E-state index contributed by atoms with van der Waals surface area (Å²) in [5, 5.41) is 1.93. The summed E-state index contributed by atoms with van der Waals surface area (Å²) in [6.07, 6.45) is 3.77. The second kappa shape index (κ2) is 9.34. The summed E-state index contributed by atoms with van der Waals surface area (Å²) >= 11 is 13.8. The van der Waals surface area contributed by atoms with Crippen LogP contribution in [0.5, 0.6) is 0 Å². The van der Waals surface area contributed by atoms with Crippen LogP contribution >= 0.6 is 35.0 Å². The van der Waals surface area contributed by atoms with Gasteiger partial charge in [-0.15, -0.1) is 0 Å². The van der Waals surface area contributed by atoms with Gasteiger partial charge in [-0.1, -0.05) is 71.7 Å². The Morgan fingerprint density at radius 2 is 1.59 bits per heavy atom. The largest absolute Gasteiger partial charge is 0.342 e. The van der Waals surface area contributed by atoms with E-state index in [4.69, 9.17) is 23.2 Å². The zero-order valence-corrected chi connectivity index (χ0v) is 20.6. The quantitative estimate of drug-likeness (QED) is 0.262. The molecular weight excluding hydrogens is 487 g/mol. The maximum absolute atomic E-state index is 13.1. The van der Waals surface area contributed by atoms with Gasteiger partial charge in [0, 0.05) is 38.3 Å². The number of thioether (sulfide) groups is 1. The molecule has 0 saturated carbocycles. The van der Waals surface area contributed by atoms with E-state index in [1.165, 1.54) is 4.90 Å². The average Bonchev–Trinajstić information content (AvgIpc) is 3.30. The van der Waals surface area contributed by atoms with Gasteiger partial charge >= 0.3 is 0 Å². The monoisotopic (exact) mass is 506 g/mol. The van der Waals surface area contributed by atoms with Crippen molar-refractivity contribution in [2.75, 3.05) is 0 Å². The summed E-state index contributed by atoms with van der Waals surface area (Å²) in [5.41, 5.74) is 4.69. The lowest BCUT2D eigenvalue weighted by Gasteiger charge is -2.14. The number of carbonyl (C=O) groups is 2. The van der Waals surface area contributed by atoms with E-state index in [0.29, 0.717) is 21.5 Å². The van der Waals surface area contributed by atoms with Crippen molar-refractivity contribution in [1.29, 1.82) is 0 Å². The number of imide groups is 1. The summed E-state index contributed by atoms with van der Waals surface area (Å²) < 4.78 is 2.06. The Balaban J connectivity index is 1.49. The molecule has 0 radical (unpaired) electrons. The number of halogens is 2.